The molecule has 0 aliphatic carbocycles. The van der Waals surface area contributed by atoms with Crippen molar-refractivity contribution in [1.29, 1.82) is 0 Å². The van der Waals surface area contributed by atoms with Crippen molar-refractivity contribution < 1.29 is 23.1 Å². The molecular formula is C13H16ClNO5S. The van der Waals surface area contributed by atoms with Crippen molar-refractivity contribution in [3.05, 3.63) is 29.3 Å². The summed E-state index contributed by atoms with van der Waals surface area (Å²) in [5.74, 6) is -1.02. The van der Waals surface area contributed by atoms with Gasteiger partial charge in [-0.2, -0.15) is 4.31 Å². The fourth-order valence-corrected chi connectivity index (χ4v) is 3.98. The van der Waals surface area contributed by atoms with Gasteiger partial charge < -0.3 is 9.84 Å². The number of nitrogens with zero attached hydrogens (tertiary/aromatic N) is 1. The van der Waals surface area contributed by atoms with Crippen molar-refractivity contribution in [3.8, 4) is 0 Å². The maximum Gasteiger partial charge on any atom is 0.329 e. The van der Waals surface area contributed by atoms with Gasteiger partial charge in [0.15, 0.2) is 0 Å². The third-order valence-corrected chi connectivity index (χ3v) is 5.41. The second-order valence-electron chi connectivity index (χ2n) is 4.77. The molecule has 0 radical (unpaired) electrons. The number of aliphatic carboxylic acids is 1. The van der Waals surface area contributed by atoms with Gasteiger partial charge in [-0.3, -0.25) is 0 Å². The van der Waals surface area contributed by atoms with Gasteiger partial charge in [0.05, 0.1) is 11.0 Å². The minimum absolute atomic E-state index is 0.167. The first-order chi connectivity index (χ1) is 9.89. The molecule has 0 spiro atoms. The number of ether oxygens (including phenoxy) is 1. The number of benzene rings is 1. The second kappa shape index (κ2) is 6.74. The van der Waals surface area contributed by atoms with Crippen LogP contribution in [0.15, 0.2) is 29.2 Å². The predicted octanol–water partition coefficient (Wildman–Crippen LogP) is 1.59. The highest BCUT2D eigenvalue weighted by molar-refractivity contribution is 7.89. The van der Waals surface area contributed by atoms with Gasteiger partial charge in [-0.15, -0.1) is 0 Å². The van der Waals surface area contributed by atoms with Gasteiger partial charge in [-0.1, -0.05) is 17.7 Å². The smallest absolute Gasteiger partial charge is 0.329 e. The van der Waals surface area contributed by atoms with Crippen LogP contribution in [0.25, 0.3) is 0 Å². The minimum Gasteiger partial charge on any atom is -0.480 e. The Morgan fingerprint density at radius 3 is 2.62 bits per heavy atom. The number of rotatable bonds is 5. The predicted molar refractivity (Wildman–Crippen MR) is 76.8 cm³/mol. The van der Waals surface area contributed by atoms with E-state index in [1.807, 2.05) is 0 Å². The standard InChI is InChI=1S/C13H16ClNO5S/c14-10-2-1-3-12(8-10)21(18,19)15-6-4-11(5-7-15)20-9-13(16)17/h1-3,8,11H,4-7,9H2,(H,16,17). The lowest BCUT2D eigenvalue weighted by atomic mass is 10.1. The van der Waals surface area contributed by atoms with Crippen LogP contribution in [-0.4, -0.2) is 49.6 Å². The number of carboxylic acid groups (broad SMARTS) is 1. The molecule has 0 atom stereocenters. The fourth-order valence-electron chi connectivity index (χ4n) is 2.20. The Hall–Kier alpha value is -1.15. The average molecular weight is 334 g/mol. The Morgan fingerprint density at radius 2 is 2.05 bits per heavy atom. The van der Waals surface area contributed by atoms with Crippen LogP contribution in [0.4, 0.5) is 0 Å². The van der Waals surface area contributed by atoms with Crippen LogP contribution >= 0.6 is 11.6 Å². The summed E-state index contributed by atoms with van der Waals surface area (Å²) in [6.45, 7) is 0.254. The molecule has 1 fully saturated rings. The van der Waals surface area contributed by atoms with Crippen LogP contribution < -0.4 is 0 Å². The summed E-state index contributed by atoms with van der Waals surface area (Å²) >= 11 is 5.83. The molecule has 1 aliphatic heterocycles. The molecular weight excluding hydrogens is 318 g/mol. The Morgan fingerprint density at radius 1 is 1.38 bits per heavy atom. The maximum absolute atomic E-state index is 12.4. The molecule has 1 aromatic carbocycles. The van der Waals surface area contributed by atoms with E-state index in [0.717, 1.165) is 0 Å². The van der Waals surface area contributed by atoms with Gasteiger partial charge in [-0.25, -0.2) is 13.2 Å². The lowest BCUT2D eigenvalue weighted by molar-refractivity contribution is -0.145. The van der Waals surface area contributed by atoms with Crippen LogP contribution in [0.3, 0.4) is 0 Å². The first-order valence-electron chi connectivity index (χ1n) is 6.48. The summed E-state index contributed by atoms with van der Waals surface area (Å²) in [7, 11) is -3.56. The lowest BCUT2D eigenvalue weighted by Gasteiger charge is -2.30. The zero-order valence-electron chi connectivity index (χ0n) is 11.2. The van der Waals surface area contributed by atoms with E-state index in [0.29, 0.717) is 31.0 Å². The third kappa shape index (κ3) is 4.16. The highest BCUT2D eigenvalue weighted by atomic mass is 35.5. The molecule has 0 unspecified atom stereocenters. The molecule has 1 aliphatic rings. The van der Waals surface area contributed by atoms with Gasteiger partial charge >= 0.3 is 5.97 Å². The number of carbonyl (C=O) groups is 1. The van der Waals surface area contributed by atoms with Gasteiger partial charge in [0.2, 0.25) is 10.0 Å². The molecule has 0 saturated carbocycles. The van der Waals surface area contributed by atoms with Crippen LogP contribution in [0.2, 0.25) is 5.02 Å². The SMILES string of the molecule is O=C(O)COC1CCN(S(=O)(=O)c2cccc(Cl)c2)CC1. The number of piperidine rings is 1. The van der Waals surface area contributed by atoms with Gasteiger partial charge in [0.25, 0.3) is 0 Å². The Kier molecular flexibility index (Phi) is 5.21. The van der Waals surface area contributed by atoms with Crippen molar-refractivity contribution in [3.63, 3.8) is 0 Å². The molecule has 0 aromatic heterocycles. The largest absolute Gasteiger partial charge is 0.480 e. The third-order valence-electron chi connectivity index (χ3n) is 3.28. The Bertz CT molecular complexity index is 611. The summed E-state index contributed by atoms with van der Waals surface area (Å²) < 4.78 is 31.5. The summed E-state index contributed by atoms with van der Waals surface area (Å²) in [4.78, 5) is 10.6. The topological polar surface area (TPSA) is 83.9 Å². The lowest BCUT2D eigenvalue weighted by Crippen LogP contribution is -2.41. The van der Waals surface area contributed by atoms with Crippen molar-refractivity contribution >= 4 is 27.6 Å². The molecule has 1 heterocycles. The summed E-state index contributed by atoms with van der Waals surface area (Å²) in [5, 5.41) is 8.93. The highest BCUT2D eigenvalue weighted by Crippen LogP contribution is 2.23. The molecule has 0 amide bonds. The monoisotopic (exact) mass is 333 g/mol. The van der Waals surface area contributed by atoms with Crippen molar-refractivity contribution in [2.45, 2.75) is 23.8 Å². The van der Waals surface area contributed by atoms with E-state index in [1.165, 1.54) is 16.4 Å². The number of sulfonamides is 1. The second-order valence-corrected chi connectivity index (χ2v) is 7.14. The first-order valence-corrected chi connectivity index (χ1v) is 8.30. The first kappa shape index (κ1) is 16.2. The summed E-state index contributed by atoms with van der Waals surface area (Å²) in [5.41, 5.74) is 0. The van der Waals surface area contributed by atoms with E-state index in [2.05, 4.69) is 0 Å². The van der Waals surface area contributed by atoms with E-state index >= 15 is 0 Å². The van der Waals surface area contributed by atoms with Crippen LogP contribution in [0, 0.1) is 0 Å². The van der Waals surface area contributed by atoms with E-state index < -0.39 is 16.0 Å². The van der Waals surface area contributed by atoms with Crippen molar-refractivity contribution in [2.24, 2.45) is 0 Å². The normalized spacial score (nSPS) is 17.8. The van der Waals surface area contributed by atoms with Gasteiger partial charge in [-0.05, 0) is 31.0 Å². The molecule has 1 N–H and O–H groups in total. The highest BCUT2D eigenvalue weighted by Gasteiger charge is 2.30. The molecule has 2 rings (SSSR count). The van der Waals surface area contributed by atoms with Crippen LogP contribution in [-0.2, 0) is 19.6 Å². The Labute approximate surface area is 128 Å². The van der Waals surface area contributed by atoms with E-state index in [1.54, 1.807) is 12.1 Å². The van der Waals surface area contributed by atoms with Gasteiger partial charge in [0, 0.05) is 18.1 Å². The molecule has 1 aromatic rings. The number of hydrogen-bond donors (Lipinski definition) is 1. The number of hydrogen-bond acceptors (Lipinski definition) is 4. The molecule has 116 valence electrons. The Balaban J connectivity index is 1.99. The number of halogens is 1. The van der Waals surface area contributed by atoms with Crippen molar-refractivity contribution in [1.82, 2.24) is 4.31 Å². The van der Waals surface area contributed by atoms with Gasteiger partial charge in [0.1, 0.15) is 6.61 Å². The van der Waals surface area contributed by atoms with E-state index in [9.17, 15) is 13.2 Å². The zero-order chi connectivity index (χ0) is 15.5. The number of carboxylic acids is 1. The maximum atomic E-state index is 12.4. The molecule has 21 heavy (non-hydrogen) atoms. The van der Waals surface area contributed by atoms with Crippen molar-refractivity contribution in [2.75, 3.05) is 19.7 Å². The summed E-state index contributed by atoms with van der Waals surface area (Å²) in [6, 6.07) is 6.14. The molecule has 8 heteroatoms. The van der Waals surface area contributed by atoms with E-state index in [4.69, 9.17) is 21.4 Å². The van der Waals surface area contributed by atoms with E-state index in [-0.39, 0.29) is 17.6 Å². The fraction of sp³-hybridized carbons (Fsp3) is 0.462. The quantitative estimate of drug-likeness (QED) is 0.884. The van der Waals surface area contributed by atoms with Crippen LogP contribution in [0.5, 0.6) is 0 Å². The molecule has 6 nitrogen and oxygen atoms in total. The molecule has 0 bridgehead atoms. The zero-order valence-corrected chi connectivity index (χ0v) is 12.8. The molecule has 1 saturated heterocycles. The minimum atomic E-state index is -3.56. The average Bonchev–Trinajstić information content (AvgIpc) is 2.45. The van der Waals surface area contributed by atoms with Crippen LogP contribution in [0.1, 0.15) is 12.8 Å². The summed E-state index contributed by atoms with van der Waals surface area (Å²) in [6.07, 6.45) is 0.743.